The van der Waals surface area contributed by atoms with Gasteiger partial charge in [0.2, 0.25) is 10.0 Å². The minimum atomic E-state index is -3.70. The number of sulfonamides is 1. The minimum Gasteiger partial charge on any atom is -0.495 e. The largest absolute Gasteiger partial charge is 0.495 e. The molecular weight excluding hydrogens is 266 g/mol. The van der Waals surface area contributed by atoms with Crippen molar-refractivity contribution >= 4 is 10.0 Å². The fourth-order valence-corrected chi connectivity index (χ4v) is 2.86. The van der Waals surface area contributed by atoms with E-state index in [1.165, 1.54) is 7.11 Å². The summed E-state index contributed by atoms with van der Waals surface area (Å²) in [4.78, 5) is 0.0851. The Bertz CT molecular complexity index is 538. The second kappa shape index (κ2) is 5.90. The highest BCUT2D eigenvalue weighted by atomic mass is 32.2. The molecule has 5 nitrogen and oxygen atoms in total. The second-order valence-corrected chi connectivity index (χ2v) is 6.56. The van der Waals surface area contributed by atoms with Crippen LogP contribution >= 0.6 is 0 Å². The van der Waals surface area contributed by atoms with Crippen LogP contribution in [-0.4, -0.2) is 32.8 Å². The van der Waals surface area contributed by atoms with Crippen LogP contribution in [0.25, 0.3) is 0 Å². The fourth-order valence-electron chi connectivity index (χ4n) is 1.45. The van der Waals surface area contributed by atoms with Crippen LogP contribution in [0.4, 0.5) is 0 Å². The zero-order valence-electron chi connectivity index (χ0n) is 11.7. The van der Waals surface area contributed by atoms with Crippen LogP contribution in [-0.2, 0) is 10.0 Å². The van der Waals surface area contributed by atoms with Crippen molar-refractivity contribution in [3.8, 4) is 5.75 Å². The van der Waals surface area contributed by atoms with E-state index in [-0.39, 0.29) is 17.2 Å². The van der Waals surface area contributed by atoms with Crippen molar-refractivity contribution in [3.05, 3.63) is 23.8 Å². The molecule has 0 aliphatic carbocycles. The molecule has 19 heavy (non-hydrogen) atoms. The van der Waals surface area contributed by atoms with Gasteiger partial charge in [-0.1, -0.05) is 13.0 Å². The summed E-state index contributed by atoms with van der Waals surface area (Å²) in [5.41, 5.74) is -0.243. The van der Waals surface area contributed by atoms with Gasteiger partial charge in [0.15, 0.2) is 0 Å². The zero-order valence-corrected chi connectivity index (χ0v) is 12.5. The molecule has 1 unspecified atom stereocenters. The molecule has 1 aromatic carbocycles. The summed E-state index contributed by atoms with van der Waals surface area (Å²) in [6.07, 6.45) is 0.459. The molecular formula is C13H21NO4S. The number of methoxy groups -OCH3 is 1. The summed E-state index contributed by atoms with van der Waals surface area (Å²) in [7, 11) is -2.28. The highest BCUT2D eigenvalue weighted by Gasteiger charge is 2.24. The first-order chi connectivity index (χ1) is 8.72. The number of aliphatic hydroxyl groups is 1. The van der Waals surface area contributed by atoms with Gasteiger partial charge in [0.25, 0.3) is 0 Å². The molecule has 0 radical (unpaired) electrons. The topological polar surface area (TPSA) is 75.6 Å². The van der Waals surface area contributed by atoms with E-state index in [1.807, 2.05) is 0 Å². The SMILES string of the molecule is CCC(C)(O)CNS(=O)(=O)c1cc(C)ccc1OC. The van der Waals surface area contributed by atoms with Gasteiger partial charge >= 0.3 is 0 Å². The van der Waals surface area contributed by atoms with Gasteiger partial charge in [0, 0.05) is 6.54 Å². The molecule has 0 aliphatic rings. The van der Waals surface area contributed by atoms with Crippen LogP contribution in [0.15, 0.2) is 23.1 Å². The molecule has 108 valence electrons. The standard InChI is InChI=1S/C13H21NO4S/c1-5-13(3,15)9-14-19(16,17)12-8-10(2)6-7-11(12)18-4/h6-8,14-15H,5,9H2,1-4H3. The smallest absolute Gasteiger partial charge is 0.244 e. The van der Waals surface area contributed by atoms with E-state index in [2.05, 4.69) is 4.72 Å². The lowest BCUT2D eigenvalue weighted by atomic mass is 10.1. The van der Waals surface area contributed by atoms with Gasteiger partial charge in [-0.05, 0) is 38.0 Å². The van der Waals surface area contributed by atoms with Crippen molar-refractivity contribution < 1.29 is 18.3 Å². The van der Waals surface area contributed by atoms with Gasteiger partial charge in [-0.2, -0.15) is 0 Å². The Kier molecular flexibility index (Phi) is 4.95. The minimum absolute atomic E-state index is 0.0388. The Morgan fingerprint density at radius 3 is 2.58 bits per heavy atom. The van der Waals surface area contributed by atoms with Crippen molar-refractivity contribution in [1.82, 2.24) is 4.72 Å². The molecule has 6 heteroatoms. The highest BCUT2D eigenvalue weighted by molar-refractivity contribution is 7.89. The Hall–Kier alpha value is -1.11. The first kappa shape index (κ1) is 15.9. The molecule has 1 rings (SSSR count). The third-order valence-electron chi connectivity index (χ3n) is 3.01. The van der Waals surface area contributed by atoms with Crippen LogP contribution in [0, 0.1) is 6.92 Å². The summed E-state index contributed by atoms with van der Waals surface area (Å²) in [6.45, 7) is 5.15. The Balaban J connectivity index is 3.04. The number of hydrogen-bond acceptors (Lipinski definition) is 4. The van der Waals surface area contributed by atoms with E-state index in [1.54, 1.807) is 39.0 Å². The summed E-state index contributed by atoms with van der Waals surface area (Å²) in [5, 5.41) is 9.86. The number of nitrogens with one attached hydrogen (secondary N) is 1. The molecule has 1 atom stereocenters. The molecule has 0 saturated heterocycles. The van der Waals surface area contributed by atoms with Crippen LogP contribution in [0.1, 0.15) is 25.8 Å². The van der Waals surface area contributed by atoms with E-state index in [9.17, 15) is 13.5 Å². The number of benzene rings is 1. The van der Waals surface area contributed by atoms with Gasteiger partial charge in [-0.3, -0.25) is 0 Å². The van der Waals surface area contributed by atoms with E-state index in [0.29, 0.717) is 6.42 Å². The number of hydrogen-bond donors (Lipinski definition) is 2. The summed E-state index contributed by atoms with van der Waals surface area (Å²) >= 11 is 0. The molecule has 1 aromatic rings. The van der Waals surface area contributed by atoms with Gasteiger partial charge in [0.1, 0.15) is 10.6 Å². The lowest BCUT2D eigenvalue weighted by Gasteiger charge is -2.22. The Labute approximate surface area is 114 Å². The first-order valence-electron chi connectivity index (χ1n) is 6.08. The van der Waals surface area contributed by atoms with E-state index in [4.69, 9.17) is 4.74 Å². The van der Waals surface area contributed by atoms with Crippen LogP contribution in [0.3, 0.4) is 0 Å². The maximum absolute atomic E-state index is 12.2. The maximum atomic E-state index is 12.2. The van der Waals surface area contributed by atoms with Crippen molar-refractivity contribution in [3.63, 3.8) is 0 Å². The number of ether oxygens (including phenoxy) is 1. The molecule has 0 heterocycles. The average Bonchev–Trinajstić information content (AvgIpc) is 2.37. The zero-order chi connectivity index (χ0) is 14.7. The van der Waals surface area contributed by atoms with E-state index in [0.717, 1.165) is 5.56 Å². The molecule has 0 bridgehead atoms. The highest BCUT2D eigenvalue weighted by Crippen LogP contribution is 2.24. The molecule has 0 aliphatic heterocycles. The predicted molar refractivity (Wildman–Crippen MR) is 73.8 cm³/mol. The van der Waals surface area contributed by atoms with Crippen molar-refractivity contribution in [2.45, 2.75) is 37.7 Å². The van der Waals surface area contributed by atoms with E-state index < -0.39 is 15.6 Å². The van der Waals surface area contributed by atoms with Gasteiger partial charge < -0.3 is 9.84 Å². The third kappa shape index (κ3) is 4.19. The normalized spacial score (nSPS) is 15.0. The number of aryl methyl sites for hydroxylation is 1. The van der Waals surface area contributed by atoms with Crippen molar-refractivity contribution in [1.29, 1.82) is 0 Å². The summed E-state index contributed by atoms with van der Waals surface area (Å²) < 4.78 is 31.9. The monoisotopic (exact) mass is 287 g/mol. The third-order valence-corrected chi connectivity index (χ3v) is 4.44. The molecule has 0 amide bonds. The molecule has 0 saturated carbocycles. The van der Waals surface area contributed by atoms with Gasteiger partial charge in [-0.25, -0.2) is 13.1 Å². The van der Waals surface area contributed by atoms with Crippen LogP contribution in [0.2, 0.25) is 0 Å². The Morgan fingerprint density at radius 2 is 2.05 bits per heavy atom. The van der Waals surface area contributed by atoms with Gasteiger partial charge in [-0.15, -0.1) is 0 Å². The number of rotatable bonds is 6. The molecule has 0 spiro atoms. The second-order valence-electron chi connectivity index (χ2n) is 4.83. The van der Waals surface area contributed by atoms with Crippen LogP contribution in [0.5, 0.6) is 5.75 Å². The molecule has 2 N–H and O–H groups in total. The van der Waals surface area contributed by atoms with Crippen LogP contribution < -0.4 is 9.46 Å². The first-order valence-corrected chi connectivity index (χ1v) is 7.57. The Morgan fingerprint density at radius 1 is 1.42 bits per heavy atom. The summed E-state index contributed by atoms with van der Waals surface area (Å²) in [6, 6.07) is 4.93. The van der Waals surface area contributed by atoms with Gasteiger partial charge in [0.05, 0.1) is 12.7 Å². The van der Waals surface area contributed by atoms with Crippen molar-refractivity contribution in [2.75, 3.05) is 13.7 Å². The average molecular weight is 287 g/mol. The lowest BCUT2D eigenvalue weighted by molar-refractivity contribution is 0.0613. The van der Waals surface area contributed by atoms with Crippen molar-refractivity contribution in [2.24, 2.45) is 0 Å². The maximum Gasteiger partial charge on any atom is 0.244 e. The quantitative estimate of drug-likeness (QED) is 0.830. The predicted octanol–water partition coefficient (Wildman–Crippen LogP) is 1.44. The fraction of sp³-hybridized carbons (Fsp3) is 0.538. The van der Waals surface area contributed by atoms with E-state index >= 15 is 0 Å². The lowest BCUT2D eigenvalue weighted by Crippen LogP contribution is -2.40. The summed E-state index contributed by atoms with van der Waals surface area (Å²) in [5.74, 6) is 0.286. The molecule has 0 aromatic heterocycles. The molecule has 0 fully saturated rings.